The lowest BCUT2D eigenvalue weighted by Crippen LogP contribution is -2.01. The van der Waals surface area contributed by atoms with E-state index >= 15 is 0 Å². The highest BCUT2D eigenvalue weighted by molar-refractivity contribution is 5.67. The Labute approximate surface area is 146 Å². The van der Waals surface area contributed by atoms with Crippen LogP contribution in [-0.4, -0.2) is 30.8 Å². The van der Waals surface area contributed by atoms with E-state index in [1.807, 2.05) is 49.7 Å². The number of hydrogen-bond acceptors (Lipinski definition) is 4. The lowest BCUT2D eigenvalue weighted by Gasteiger charge is -2.07. The van der Waals surface area contributed by atoms with Gasteiger partial charge in [-0.15, -0.1) is 0 Å². The molecule has 0 saturated heterocycles. The standard InChI is InChI=1S/C19H20N4O2/c1-12-10-20-19(21-11-12)15-4-6-16(7-5-15)23-14(3)17(13(2)22-23)8-9-18(24)25/h4-7,10-11H,8-9H2,1-3H3,(H,24,25). The van der Waals surface area contributed by atoms with Gasteiger partial charge in [0, 0.05) is 30.1 Å². The molecule has 6 heteroatoms. The number of aryl methyl sites for hydroxylation is 2. The van der Waals surface area contributed by atoms with Crippen molar-refractivity contribution < 1.29 is 9.90 Å². The van der Waals surface area contributed by atoms with Crippen LogP contribution in [0.5, 0.6) is 0 Å². The Morgan fingerprint density at radius 1 is 1.08 bits per heavy atom. The zero-order valence-corrected chi connectivity index (χ0v) is 14.5. The van der Waals surface area contributed by atoms with E-state index in [-0.39, 0.29) is 6.42 Å². The Morgan fingerprint density at radius 2 is 1.72 bits per heavy atom. The summed E-state index contributed by atoms with van der Waals surface area (Å²) in [6.45, 7) is 5.83. The molecule has 0 aliphatic rings. The fraction of sp³-hybridized carbons (Fsp3) is 0.263. The molecule has 1 aromatic carbocycles. The largest absolute Gasteiger partial charge is 0.481 e. The van der Waals surface area contributed by atoms with E-state index in [0.29, 0.717) is 12.2 Å². The van der Waals surface area contributed by atoms with Gasteiger partial charge in [-0.1, -0.05) is 0 Å². The van der Waals surface area contributed by atoms with Gasteiger partial charge in [0.25, 0.3) is 0 Å². The lowest BCUT2D eigenvalue weighted by atomic mass is 10.1. The number of carbonyl (C=O) groups is 1. The van der Waals surface area contributed by atoms with E-state index in [4.69, 9.17) is 5.11 Å². The van der Waals surface area contributed by atoms with E-state index in [2.05, 4.69) is 15.1 Å². The fourth-order valence-corrected chi connectivity index (χ4v) is 2.81. The van der Waals surface area contributed by atoms with Crippen LogP contribution in [0.15, 0.2) is 36.7 Å². The number of carboxylic acids is 1. The molecule has 0 fully saturated rings. The van der Waals surface area contributed by atoms with Gasteiger partial charge in [-0.25, -0.2) is 14.6 Å². The zero-order valence-electron chi connectivity index (χ0n) is 14.5. The first-order chi connectivity index (χ1) is 12.0. The highest BCUT2D eigenvalue weighted by atomic mass is 16.4. The van der Waals surface area contributed by atoms with E-state index in [1.165, 1.54) is 0 Å². The Hall–Kier alpha value is -3.02. The third kappa shape index (κ3) is 3.57. The molecule has 0 atom stereocenters. The van der Waals surface area contributed by atoms with Crippen LogP contribution >= 0.6 is 0 Å². The second-order valence-electron chi connectivity index (χ2n) is 6.09. The maximum absolute atomic E-state index is 10.8. The minimum Gasteiger partial charge on any atom is -0.481 e. The third-order valence-electron chi connectivity index (χ3n) is 4.18. The minimum atomic E-state index is -0.797. The number of aliphatic carboxylic acids is 1. The number of rotatable bonds is 5. The number of carboxylic acid groups (broad SMARTS) is 1. The maximum atomic E-state index is 10.8. The molecule has 0 radical (unpaired) electrons. The number of benzene rings is 1. The predicted octanol–water partition coefficient (Wildman–Crippen LogP) is 3.27. The molecule has 6 nitrogen and oxygen atoms in total. The van der Waals surface area contributed by atoms with Crippen molar-refractivity contribution in [2.24, 2.45) is 0 Å². The second-order valence-corrected chi connectivity index (χ2v) is 6.09. The molecule has 0 bridgehead atoms. The Balaban J connectivity index is 1.88. The van der Waals surface area contributed by atoms with Crippen molar-refractivity contribution in [2.45, 2.75) is 33.6 Å². The first-order valence-electron chi connectivity index (χ1n) is 8.12. The average Bonchev–Trinajstić information content (AvgIpc) is 2.88. The molecular weight excluding hydrogens is 316 g/mol. The number of nitrogens with zero attached hydrogens (tertiary/aromatic N) is 4. The van der Waals surface area contributed by atoms with Gasteiger partial charge in [0.05, 0.1) is 11.4 Å². The van der Waals surface area contributed by atoms with Gasteiger partial charge in [0.1, 0.15) is 0 Å². The van der Waals surface area contributed by atoms with Crippen LogP contribution < -0.4 is 0 Å². The summed E-state index contributed by atoms with van der Waals surface area (Å²) >= 11 is 0. The Morgan fingerprint density at radius 3 is 2.32 bits per heavy atom. The molecule has 25 heavy (non-hydrogen) atoms. The Bertz CT molecular complexity index is 896. The van der Waals surface area contributed by atoms with Crippen LogP contribution in [0.1, 0.15) is 28.9 Å². The molecule has 0 aliphatic carbocycles. The van der Waals surface area contributed by atoms with Gasteiger partial charge in [0.15, 0.2) is 5.82 Å². The van der Waals surface area contributed by atoms with Crippen LogP contribution in [0, 0.1) is 20.8 Å². The summed E-state index contributed by atoms with van der Waals surface area (Å²) in [5, 5.41) is 13.5. The smallest absolute Gasteiger partial charge is 0.303 e. The normalized spacial score (nSPS) is 10.8. The summed E-state index contributed by atoms with van der Waals surface area (Å²) in [5.74, 6) is -0.110. The molecule has 3 rings (SSSR count). The van der Waals surface area contributed by atoms with Crippen molar-refractivity contribution in [3.05, 3.63) is 59.2 Å². The first kappa shape index (κ1) is 16.8. The molecule has 0 saturated carbocycles. The van der Waals surface area contributed by atoms with Crippen LogP contribution in [0.25, 0.3) is 17.1 Å². The van der Waals surface area contributed by atoms with Gasteiger partial charge in [-0.05, 0) is 62.6 Å². The van der Waals surface area contributed by atoms with Crippen molar-refractivity contribution in [1.29, 1.82) is 0 Å². The summed E-state index contributed by atoms with van der Waals surface area (Å²) in [4.78, 5) is 19.5. The number of hydrogen-bond donors (Lipinski definition) is 1. The number of aromatic nitrogens is 4. The summed E-state index contributed by atoms with van der Waals surface area (Å²) in [6, 6.07) is 7.87. The molecular formula is C19H20N4O2. The van der Waals surface area contributed by atoms with Crippen molar-refractivity contribution in [2.75, 3.05) is 0 Å². The molecule has 0 aliphatic heterocycles. The molecule has 128 valence electrons. The third-order valence-corrected chi connectivity index (χ3v) is 4.18. The summed E-state index contributed by atoms with van der Waals surface area (Å²) in [5.41, 5.74) is 5.72. The molecule has 0 amide bonds. The van der Waals surface area contributed by atoms with E-state index in [0.717, 1.165) is 33.8 Å². The quantitative estimate of drug-likeness (QED) is 0.773. The maximum Gasteiger partial charge on any atom is 0.303 e. The van der Waals surface area contributed by atoms with E-state index < -0.39 is 5.97 Å². The van der Waals surface area contributed by atoms with Gasteiger partial charge in [-0.2, -0.15) is 5.10 Å². The van der Waals surface area contributed by atoms with Gasteiger partial charge in [-0.3, -0.25) is 4.79 Å². The predicted molar refractivity (Wildman–Crippen MR) is 94.8 cm³/mol. The van der Waals surface area contributed by atoms with Crippen molar-refractivity contribution >= 4 is 5.97 Å². The minimum absolute atomic E-state index is 0.108. The van der Waals surface area contributed by atoms with Crippen molar-refractivity contribution in [3.8, 4) is 17.1 Å². The highest BCUT2D eigenvalue weighted by Crippen LogP contribution is 2.22. The van der Waals surface area contributed by atoms with Crippen LogP contribution in [0.3, 0.4) is 0 Å². The molecule has 2 aromatic heterocycles. The molecule has 1 N–H and O–H groups in total. The van der Waals surface area contributed by atoms with Crippen LogP contribution in [0.4, 0.5) is 0 Å². The second kappa shape index (κ2) is 6.84. The van der Waals surface area contributed by atoms with E-state index in [9.17, 15) is 4.79 Å². The monoisotopic (exact) mass is 336 g/mol. The van der Waals surface area contributed by atoms with Gasteiger partial charge in [0.2, 0.25) is 0 Å². The van der Waals surface area contributed by atoms with Crippen molar-refractivity contribution in [3.63, 3.8) is 0 Å². The van der Waals surface area contributed by atoms with Gasteiger partial charge < -0.3 is 5.11 Å². The first-order valence-corrected chi connectivity index (χ1v) is 8.12. The zero-order chi connectivity index (χ0) is 18.0. The molecule has 0 spiro atoms. The summed E-state index contributed by atoms with van der Waals surface area (Å²) < 4.78 is 1.85. The van der Waals surface area contributed by atoms with Crippen LogP contribution in [-0.2, 0) is 11.2 Å². The SMILES string of the molecule is Cc1cnc(-c2ccc(-n3nc(C)c(CCC(=O)O)c3C)cc2)nc1. The van der Waals surface area contributed by atoms with E-state index in [1.54, 1.807) is 12.4 Å². The fourth-order valence-electron chi connectivity index (χ4n) is 2.81. The van der Waals surface area contributed by atoms with Gasteiger partial charge >= 0.3 is 5.97 Å². The summed E-state index contributed by atoms with van der Waals surface area (Å²) in [7, 11) is 0. The molecule has 3 aromatic rings. The molecule has 0 unspecified atom stereocenters. The van der Waals surface area contributed by atoms with Crippen LogP contribution in [0.2, 0.25) is 0 Å². The van der Waals surface area contributed by atoms with Crippen molar-refractivity contribution in [1.82, 2.24) is 19.7 Å². The highest BCUT2D eigenvalue weighted by Gasteiger charge is 2.14. The molecule has 2 heterocycles. The Kier molecular flexibility index (Phi) is 4.61. The average molecular weight is 336 g/mol. The lowest BCUT2D eigenvalue weighted by molar-refractivity contribution is -0.136. The summed E-state index contributed by atoms with van der Waals surface area (Å²) in [6.07, 6.45) is 4.19. The topological polar surface area (TPSA) is 80.9 Å².